The van der Waals surface area contributed by atoms with Gasteiger partial charge in [0.15, 0.2) is 0 Å². The van der Waals surface area contributed by atoms with Gasteiger partial charge >= 0.3 is 0 Å². The first-order valence-corrected chi connectivity index (χ1v) is 11.5. The highest BCUT2D eigenvalue weighted by molar-refractivity contribution is 7.89. The molecule has 1 aliphatic rings. The molecule has 3 unspecified atom stereocenters. The Bertz CT molecular complexity index is 834. The summed E-state index contributed by atoms with van der Waals surface area (Å²) >= 11 is 0. The summed E-state index contributed by atoms with van der Waals surface area (Å²) in [6, 6.07) is 5.16. The van der Waals surface area contributed by atoms with Crippen LogP contribution in [0.2, 0.25) is 0 Å². The normalized spacial score (nSPS) is 22.0. The first-order valence-electron chi connectivity index (χ1n) is 10.0. The van der Waals surface area contributed by atoms with Gasteiger partial charge in [0.2, 0.25) is 15.9 Å². The molecule has 7 nitrogen and oxygen atoms in total. The van der Waals surface area contributed by atoms with E-state index in [0.29, 0.717) is 30.5 Å². The van der Waals surface area contributed by atoms with Crippen molar-refractivity contribution in [3.63, 3.8) is 0 Å². The highest BCUT2D eigenvalue weighted by Gasteiger charge is 2.31. The Morgan fingerprint density at radius 2 is 1.59 bits per heavy atom. The standard InChI is InChI=1S/C21H33N3O4S/c1-14-11-15(2)13-24(12-14)29(27,28)18-9-7-17(8-10-18)20(26)22-16(3)19(25)23-21(4,5)6/h7-10,14-16H,11-13H2,1-6H3,(H,22,26)(H,23,25). The van der Waals surface area contributed by atoms with Gasteiger partial charge in [-0.2, -0.15) is 4.31 Å². The topological polar surface area (TPSA) is 95.6 Å². The fourth-order valence-corrected chi connectivity index (χ4v) is 5.23. The van der Waals surface area contributed by atoms with Crippen molar-refractivity contribution < 1.29 is 18.0 Å². The van der Waals surface area contributed by atoms with E-state index >= 15 is 0 Å². The minimum Gasteiger partial charge on any atom is -0.350 e. The number of benzene rings is 1. The third kappa shape index (κ3) is 6.27. The molecule has 1 heterocycles. The molecular weight excluding hydrogens is 390 g/mol. The fourth-order valence-electron chi connectivity index (χ4n) is 3.55. The van der Waals surface area contributed by atoms with Gasteiger partial charge in [-0.1, -0.05) is 13.8 Å². The number of hydrogen-bond acceptors (Lipinski definition) is 4. The van der Waals surface area contributed by atoms with Crippen molar-refractivity contribution in [3.8, 4) is 0 Å². The van der Waals surface area contributed by atoms with Crippen LogP contribution in [0.5, 0.6) is 0 Å². The molecule has 162 valence electrons. The van der Waals surface area contributed by atoms with Gasteiger partial charge < -0.3 is 10.6 Å². The molecule has 1 saturated heterocycles. The molecule has 0 aliphatic carbocycles. The lowest BCUT2D eigenvalue weighted by atomic mass is 9.94. The van der Waals surface area contributed by atoms with Gasteiger partial charge in [0.1, 0.15) is 6.04 Å². The molecule has 2 rings (SSSR count). The number of hydrogen-bond donors (Lipinski definition) is 2. The van der Waals surface area contributed by atoms with E-state index in [1.54, 1.807) is 6.92 Å². The van der Waals surface area contributed by atoms with Gasteiger partial charge in [-0.3, -0.25) is 9.59 Å². The fraction of sp³-hybridized carbons (Fsp3) is 0.619. The van der Waals surface area contributed by atoms with Crippen molar-refractivity contribution in [2.24, 2.45) is 11.8 Å². The maximum absolute atomic E-state index is 12.9. The van der Waals surface area contributed by atoms with E-state index in [0.717, 1.165) is 6.42 Å². The molecule has 2 amide bonds. The van der Waals surface area contributed by atoms with Gasteiger partial charge in [0.05, 0.1) is 4.90 Å². The largest absolute Gasteiger partial charge is 0.350 e. The van der Waals surface area contributed by atoms with Crippen LogP contribution in [0.4, 0.5) is 0 Å². The zero-order valence-electron chi connectivity index (χ0n) is 18.2. The molecule has 1 fully saturated rings. The van der Waals surface area contributed by atoms with Crippen molar-refractivity contribution in [1.82, 2.24) is 14.9 Å². The highest BCUT2D eigenvalue weighted by atomic mass is 32.2. The molecule has 0 aromatic heterocycles. The summed E-state index contributed by atoms with van der Waals surface area (Å²) in [7, 11) is -3.59. The van der Waals surface area contributed by atoms with Gasteiger partial charge in [0.25, 0.3) is 5.91 Å². The summed E-state index contributed by atoms with van der Waals surface area (Å²) in [6.45, 7) is 12.3. The second kappa shape index (κ2) is 8.83. The first-order chi connectivity index (χ1) is 13.3. The quantitative estimate of drug-likeness (QED) is 0.760. The van der Waals surface area contributed by atoms with Crippen LogP contribution in [0.25, 0.3) is 0 Å². The van der Waals surface area contributed by atoms with E-state index < -0.39 is 27.5 Å². The van der Waals surface area contributed by atoms with E-state index in [2.05, 4.69) is 24.5 Å². The Kier molecular flexibility index (Phi) is 7.11. The van der Waals surface area contributed by atoms with Crippen molar-refractivity contribution in [2.45, 2.75) is 64.4 Å². The zero-order valence-corrected chi connectivity index (χ0v) is 19.0. The second-order valence-electron chi connectivity index (χ2n) is 9.23. The Hall–Kier alpha value is -1.93. The second-order valence-corrected chi connectivity index (χ2v) is 11.2. The van der Waals surface area contributed by atoms with Crippen molar-refractivity contribution in [2.75, 3.05) is 13.1 Å². The summed E-state index contributed by atoms with van der Waals surface area (Å²) in [5.74, 6) is -0.0669. The molecule has 1 aliphatic heterocycles. The van der Waals surface area contributed by atoms with Crippen LogP contribution in [-0.4, -0.2) is 49.2 Å². The minimum absolute atomic E-state index is 0.175. The first kappa shape index (κ1) is 23.3. The summed E-state index contributed by atoms with van der Waals surface area (Å²) in [5, 5.41) is 5.45. The van der Waals surface area contributed by atoms with Crippen LogP contribution in [0.3, 0.4) is 0 Å². The Balaban J connectivity index is 2.07. The van der Waals surface area contributed by atoms with E-state index in [1.165, 1.54) is 28.6 Å². The SMILES string of the molecule is CC1CC(C)CN(S(=O)(=O)c2ccc(C(=O)NC(C)C(=O)NC(C)(C)C)cc2)C1. The van der Waals surface area contributed by atoms with Crippen LogP contribution >= 0.6 is 0 Å². The highest BCUT2D eigenvalue weighted by Crippen LogP contribution is 2.26. The summed E-state index contributed by atoms with van der Waals surface area (Å²) in [6.07, 6.45) is 1.02. The number of nitrogens with zero attached hydrogens (tertiary/aromatic N) is 1. The molecule has 8 heteroatoms. The monoisotopic (exact) mass is 423 g/mol. The zero-order chi connectivity index (χ0) is 22.0. The molecule has 1 aromatic rings. The third-order valence-corrected chi connectivity index (χ3v) is 6.67. The van der Waals surface area contributed by atoms with Gasteiger partial charge in [-0.25, -0.2) is 8.42 Å². The average molecular weight is 424 g/mol. The number of amides is 2. The van der Waals surface area contributed by atoms with Crippen LogP contribution in [0.1, 0.15) is 58.3 Å². The van der Waals surface area contributed by atoms with E-state index in [1.807, 2.05) is 20.8 Å². The number of carbonyl (C=O) groups is 2. The molecule has 29 heavy (non-hydrogen) atoms. The molecule has 2 N–H and O–H groups in total. The third-order valence-electron chi connectivity index (χ3n) is 4.83. The molecule has 0 saturated carbocycles. The van der Waals surface area contributed by atoms with Crippen LogP contribution in [-0.2, 0) is 14.8 Å². The van der Waals surface area contributed by atoms with Crippen molar-refractivity contribution in [3.05, 3.63) is 29.8 Å². The molecule has 0 radical (unpaired) electrons. The number of sulfonamides is 1. The van der Waals surface area contributed by atoms with Crippen LogP contribution in [0.15, 0.2) is 29.2 Å². The average Bonchev–Trinajstić information content (AvgIpc) is 2.59. The molecule has 3 atom stereocenters. The number of piperidine rings is 1. The smallest absolute Gasteiger partial charge is 0.251 e. The lowest BCUT2D eigenvalue weighted by Crippen LogP contribution is -2.50. The Labute approximate surface area is 174 Å². The van der Waals surface area contributed by atoms with E-state index in [9.17, 15) is 18.0 Å². The number of rotatable bonds is 5. The van der Waals surface area contributed by atoms with Gasteiger partial charge in [0, 0.05) is 24.2 Å². The maximum Gasteiger partial charge on any atom is 0.251 e. The molecule has 1 aromatic carbocycles. The lowest BCUT2D eigenvalue weighted by Gasteiger charge is -2.34. The lowest BCUT2D eigenvalue weighted by molar-refractivity contribution is -0.124. The number of nitrogens with one attached hydrogen (secondary N) is 2. The predicted octanol–water partition coefficient (Wildman–Crippen LogP) is 2.39. The Morgan fingerprint density at radius 3 is 2.07 bits per heavy atom. The van der Waals surface area contributed by atoms with Crippen LogP contribution < -0.4 is 10.6 Å². The molecule has 0 bridgehead atoms. The predicted molar refractivity (Wildman–Crippen MR) is 113 cm³/mol. The van der Waals surface area contributed by atoms with Gasteiger partial charge in [-0.05, 0) is 70.2 Å². The van der Waals surface area contributed by atoms with Gasteiger partial charge in [-0.15, -0.1) is 0 Å². The summed E-state index contributed by atoms with van der Waals surface area (Å²) in [4.78, 5) is 24.7. The van der Waals surface area contributed by atoms with E-state index in [4.69, 9.17) is 0 Å². The van der Waals surface area contributed by atoms with Crippen LogP contribution in [0, 0.1) is 11.8 Å². The maximum atomic E-state index is 12.9. The summed E-state index contributed by atoms with van der Waals surface area (Å²) in [5.41, 5.74) is -0.0880. The van der Waals surface area contributed by atoms with Crippen molar-refractivity contribution >= 4 is 21.8 Å². The van der Waals surface area contributed by atoms with Crippen molar-refractivity contribution in [1.29, 1.82) is 0 Å². The molecular formula is C21H33N3O4S. The summed E-state index contributed by atoms with van der Waals surface area (Å²) < 4.78 is 27.4. The van der Waals surface area contributed by atoms with E-state index in [-0.39, 0.29) is 10.8 Å². The number of carbonyl (C=O) groups excluding carboxylic acids is 2. The molecule has 0 spiro atoms. The Morgan fingerprint density at radius 1 is 1.07 bits per heavy atom. The minimum atomic E-state index is -3.59.